The second kappa shape index (κ2) is 4.06. The molecule has 11 heavy (non-hydrogen) atoms. The number of halogens is 1. The molecular weight excluding hydrogens is 255 g/mol. The van der Waals surface area contributed by atoms with Crippen molar-refractivity contribution in [3.63, 3.8) is 0 Å². The molecule has 1 rings (SSSR count). The van der Waals surface area contributed by atoms with Gasteiger partial charge in [0.15, 0.2) is 3.83 Å². The van der Waals surface area contributed by atoms with Crippen LogP contribution in [0.5, 0.6) is 0 Å². The number of hydrogen-bond acceptors (Lipinski definition) is 2. The van der Waals surface area contributed by atoms with Gasteiger partial charge in [-0.15, -0.1) is 0 Å². The summed E-state index contributed by atoms with van der Waals surface area (Å²) in [5.74, 6) is 0. The molecule has 1 N–H and O–H groups in total. The van der Waals surface area contributed by atoms with E-state index in [1.807, 2.05) is 17.7 Å². The minimum absolute atomic E-state index is 0.252. The summed E-state index contributed by atoms with van der Waals surface area (Å²) in [6.07, 6.45) is 4.15. The van der Waals surface area contributed by atoms with E-state index in [0.717, 1.165) is 10.3 Å². The molecule has 0 fully saturated rings. The van der Waals surface area contributed by atoms with Crippen molar-refractivity contribution in [2.45, 2.75) is 26.0 Å². The number of hydrogen-bond donors (Lipinski definition) is 1. The van der Waals surface area contributed by atoms with E-state index in [1.54, 1.807) is 6.20 Å². The van der Waals surface area contributed by atoms with Gasteiger partial charge in [-0.05, 0) is 29.0 Å². The van der Waals surface area contributed by atoms with Crippen LogP contribution < -0.4 is 0 Å². The van der Waals surface area contributed by atoms with Crippen LogP contribution in [-0.2, 0) is 6.54 Å². The molecule has 0 aliphatic carbocycles. The second-order valence-electron chi connectivity index (χ2n) is 2.41. The average Bonchev–Trinajstić information content (AvgIpc) is 2.37. The zero-order chi connectivity index (χ0) is 8.27. The average molecular weight is 266 g/mol. The van der Waals surface area contributed by atoms with Crippen LogP contribution in [0.25, 0.3) is 0 Å². The Morgan fingerprint density at radius 3 is 3.00 bits per heavy atom. The first kappa shape index (κ1) is 8.99. The first-order valence-corrected chi connectivity index (χ1v) is 4.66. The number of aliphatic hydroxyl groups excluding tert-OH is 1. The van der Waals surface area contributed by atoms with Gasteiger partial charge in [0, 0.05) is 12.4 Å². The van der Waals surface area contributed by atoms with Crippen LogP contribution in [-0.4, -0.2) is 20.8 Å². The maximum Gasteiger partial charge on any atom is 0.171 e. The van der Waals surface area contributed by atoms with Crippen molar-refractivity contribution in [1.82, 2.24) is 9.55 Å². The minimum atomic E-state index is -0.252. The van der Waals surface area contributed by atoms with Crippen LogP contribution in [0.2, 0.25) is 0 Å². The molecule has 0 amide bonds. The minimum Gasteiger partial charge on any atom is -0.391 e. The Morgan fingerprint density at radius 1 is 1.82 bits per heavy atom. The fraction of sp³-hybridized carbons (Fsp3) is 0.571. The third-order valence-electron chi connectivity index (χ3n) is 1.54. The molecule has 1 aromatic heterocycles. The van der Waals surface area contributed by atoms with E-state index in [9.17, 15) is 5.11 Å². The highest BCUT2D eigenvalue weighted by molar-refractivity contribution is 14.1. The van der Waals surface area contributed by atoms with Crippen LogP contribution in [0.3, 0.4) is 0 Å². The Bertz CT molecular complexity index is 224. The molecule has 1 atom stereocenters. The predicted molar refractivity (Wildman–Crippen MR) is 51.2 cm³/mol. The first-order valence-electron chi connectivity index (χ1n) is 3.58. The summed E-state index contributed by atoms with van der Waals surface area (Å²) in [5.41, 5.74) is 0. The number of imidazole rings is 1. The van der Waals surface area contributed by atoms with Gasteiger partial charge in [-0.25, -0.2) is 4.98 Å². The van der Waals surface area contributed by atoms with E-state index in [4.69, 9.17) is 0 Å². The molecule has 0 saturated carbocycles. The Morgan fingerprint density at radius 2 is 2.55 bits per heavy atom. The predicted octanol–water partition coefficient (Wildman–Crippen LogP) is 1.26. The maximum absolute atomic E-state index is 9.30. The Labute approximate surface area is 79.6 Å². The molecule has 0 spiro atoms. The van der Waals surface area contributed by atoms with E-state index in [2.05, 4.69) is 27.6 Å². The maximum atomic E-state index is 9.30. The molecular formula is C7H11IN2O. The lowest BCUT2D eigenvalue weighted by Crippen LogP contribution is -2.14. The Kier molecular flexibility index (Phi) is 3.32. The molecule has 0 aromatic carbocycles. The van der Waals surface area contributed by atoms with Crippen LogP contribution >= 0.6 is 22.6 Å². The topological polar surface area (TPSA) is 38.0 Å². The lowest BCUT2D eigenvalue weighted by Gasteiger charge is -2.08. The highest BCUT2D eigenvalue weighted by atomic mass is 127. The molecule has 62 valence electrons. The third-order valence-corrected chi connectivity index (χ3v) is 2.44. The van der Waals surface area contributed by atoms with Gasteiger partial charge in [-0.2, -0.15) is 0 Å². The summed E-state index contributed by atoms with van der Waals surface area (Å²) in [5, 5.41) is 9.30. The van der Waals surface area contributed by atoms with Crippen LogP contribution in [0.15, 0.2) is 12.4 Å². The number of nitrogens with zero attached hydrogens (tertiary/aromatic N) is 2. The van der Waals surface area contributed by atoms with Crippen molar-refractivity contribution < 1.29 is 5.11 Å². The van der Waals surface area contributed by atoms with Crippen molar-refractivity contribution in [3.05, 3.63) is 16.2 Å². The van der Waals surface area contributed by atoms with E-state index in [-0.39, 0.29) is 6.10 Å². The van der Waals surface area contributed by atoms with Crippen molar-refractivity contribution >= 4 is 22.6 Å². The lowest BCUT2D eigenvalue weighted by molar-refractivity contribution is 0.149. The molecule has 4 heteroatoms. The van der Waals surface area contributed by atoms with E-state index >= 15 is 0 Å². The normalized spacial score (nSPS) is 13.4. The number of rotatable bonds is 3. The summed E-state index contributed by atoms with van der Waals surface area (Å²) in [6, 6.07) is 0. The van der Waals surface area contributed by atoms with Gasteiger partial charge >= 0.3 is 0 Å². The van der Waals surface area contributed by atoms with Crippen molar-refractivity contribution in [2.75, 3.05) is 0 Å². The molecule has 0 aliphatic heterocycles. The molecule has 0 bridgehead atoms. The van der Waals surface area contributed by atoms with Gasteiger partial charge in [0.25, 0.3) is 0 Å². The van der Waals surface area contributed by atoms with Crippen molar-refractivity contribution in [2.24, 2.45) is 0 Å². The quantitative estimate of drug-likeness (QED) is 0.836. The molecule has 0 saturated heterocycles. The van der Waals surface area contributed by atoms with Crippen LogP contribution in [0, 0.1) is 3.83 Å². The Hall–Kier alpha value is -0.100. The fourth-order valence-electron chi connectivity index (χ4n) is 0.803. The summed E-state index contributed by atoms with van der Waals surface area (Å²) in [4.78, 5) is 4.04. The zero-order valence-corrected chi connectivity index (χ0v) is 8.52. The highest BCUT2D eigenvalue weighted by Crippen LogP contribution is 2.03. The molecule has 0 aliphatic rings. The molecule has 3 nitrogen and oxygen atoms in total. The Balaban J connectivity index is 2.56. The summed E-state index contributed by atoms with van der Waals surface area (Å²) in [6.45, 7) is 2.61. The summed E-state index contributed by atoms with van der Waals surface area (Å²) < 4.78 is 2.87. The number of aromatic nitrogens is 2. The SMILES string of the molecule is CCC(O)Cn1ccnc1I. The molecule has 0 radical (unpaired) electrons. The van der Waals surface area contributed by atoms with E-state index in [1.165, 1.54) is 0 Å². The molecule has 1 aromatic rings. The molecule has 1 unspecified atom stereocenters. The van der Waals surface area contributed by atoms with Gasteiger partial charge in [0.2, 0.25) is 0 Å². The lowest BCUT2D eigenvalue weighted by atomic mass is 10.3. The summed E-state index contributed by atoms with van der Waals surface area (Å²) >= 11 is 2.15. The highest BCUT2D eigenvalue weighted by Gasteiger charge is 2.03. The van der Waals surface area contributed by atoms with Crippen molar-refractivity contribution in [3.8, 4) is 0 Å². The van der Waals surface area contributed by atoms with E-state index < -0.39 is 0 Å². The zero-order valence-electron chi connectivity index (χ0n) is 6.37. The van der Waals surface area contributed by atoms with Gasteiger partial charge in [-0.3, -0.25) is 0 Å². The first-order chi connectivity index (χ1) is 5.24. The van der Waals surface area contributed by atoms with Gasteiger partial charge in [-0.1, -0.05) is 6.92 Å². The monoisotopic (exact) mass is 266 g/mol. The standard InChI is InChI=1S/C7H11IN2O/c1-2-6(11)5-10-4-3-9-7(10)8/h3-4,6,11H,2,5H2,1H3. The van der Waals surface area contributed by atoms with Gasteiger partial charge in [0.05, 0.1) is 12.6 Å². The third kappa shape index (κ3) is 2.44. The smallest absolute Gasteiger partial charge is 0.171 e. The van der Waals surface area contributed by atoms with Crippen LogP contribution in [0.1, 0.15) is 13.3 Å². The molecule has 1 heterocycles. The van der Waals surface area contributed by atoms with Crippen LogP contribution in [0.4, 0.5) is 0 Å². The second-order valence-corrected chi connectivity index (χ2v) is 3.38. The van der Waals surface area contributed by atoms with E-state index in [0.29, 0.717) is 6.54 Å². The largest absolute Gasteiger partial charge is 0.391 e. The van der Waals surface area contributed by atoms with Gasteiger partial charge in [0.1, 0.15) is 0 Å². The fourth-order valence-corrected chi connectivity index (χ4v) is 1.32. The summed E-state index contributed by atoms with van der Waals surface area (Å²) in [7, 11) is 0. The number of aliphatic hydroxyl groups is 1. The van der Waals surface area contributed by atoms with Crippen molar-refractivity contribution in [1.29, 1.82) is 0 Å². The van der Waals surface area contributed by atoms with Gasteiger partial charge < -0.3 is 9.67 Å².